The molecule has 1 aromatic rings. The van der Waals surface area contributed by atoms with E-state index in [4.69, 9.17) is 5.73 Å². The van der Waals surface area contributed by atoms with Crippen molar-refractivity contribution in [3.63, 3.8) is 0 Å². The quantitative estimate of drug-likeness (QED) is 0.639. The van der Waals surface area contributed by atoms with Crippen molar-refractivity contribution in [2.75, 3.05) is 24.7 Å². The largest absolute Gasteiger partial charge is 0.370 e. The molecule has 1 atom stereocenters. The fourth-order valence-corrected chi connectivity index (χ4v) is 4.81. The maximum Gasteiger partial charge on any atom is 0.211 e. The second kappa shape index (κ2) is 7.11. The molecule has 1 unspecified atom stereocenters. The van der Waals surface area contributed by atoms with E-state index in [2.05, 4.69) is 22.4 Å². The lowest BCUT2D eigenvalue weighted by molar-refractivity contribution is 0.259. The number of hydrogen-bond donors (Lipinski definition) is 2. The predicted molar refractivity (Wildman–Crippen MR) is 97.8 cm³/mol. The Balaban J connectivity index is 1.63. The Labute approximate surface area is 144 Å². The van der Waals surface area contributed by atoms with E-state index in [1.807, 2.05) is 6.07 Å². The molecule has 0 spiro atoms. The first-order valence-electron chi connectivity index (χ1n) is 8.59. The van der Waals surface area contributed by atoms with Crippen LogP contribution in [-0.2, 0) is 22.9 Å². The van der Waals surface area contributed by atoms with Crippen LogP contribution in [0.15, 0.2) is 23.2 Å². The van der Waals surface area contributed by atoms with Gasteiger partial charge in [0.25, 0.3) is 0 Å². The Morgan fingerprint density at radius 1 is 1.29 bits per heavy atom. The van der Waals surface area contributed by atoms with Crippen molar-refractivity contribution in [3.8, 4) is 0 Å². The average Bonchev–Trinajstić information content (AvgIpc) is 3.00. The number of rotatable bonds is 4. The number of guanidine groups is 1. The first-order valence-corrected chi connectivity index (χ1v) is 10.4. The van der Waals surface area contributed by atoms with Gasteiger partial charge in [0, 0.05) is 18.3 Å². The molecule has 0 saturated carbocycles. The topological polar surface area (TPSA) is 87.8 Å². The van der Waals surface area contributed by atoms with Gasteiger partial charge in [-0.1, -0.05) is 12.5 Å². The zero-order valence-electron chi connectivity index (χ0n) is 14.2. The summed E-state index contributed by atoms with van der Waals surface area (Å²) < 4.78 is 25.3. The van der Waals surface area contributed by atoms with Gasteiger partial charge in [-0.25, -0.2) is 8.42 Å². The van der Waals surface area contributed by atoms with E-state index >= 15 is 0 Å². The summed E-state index contributed by atoms with van der Waals surface area (Å²) in [6.45, 7) is 0.980. The normalized spacial score (nSPS) is 22.4. The molecule has 1 heterocycles. The van der Waals surface area contributed by atoms with E-state index in [-0.39, 0.29) is 6.04 Å². The summed E-state index contributed by atoms with van der Waals surface area (Å²) in [7, 11) is -3.19. The number of fused-ring (bicyclic) bond motifs is 1. The molecule has 1 aromatic carbocycles. The predicted octanol–water partition coefficient (Wildman–Crippen LogP) is 1.72. The van der Waals surface area contributed by atoms with E-state index in [0.717, 1.165) is 37.8 Å². The van der Waals surface area contributed by atoms with Crippen molar-refractivity contribution in [1.82, 2.24) is 4.31 Å². The van der Waals surface area contributed by atoms with Crippen LogP contribution < -0.4 is 11.1 Å². The van der Waals surface area contributed by atoms with Gasteiger partial charge in [0.15, 0.2) is 5.96 Å². The number of aryl methyl sites for hydroxylation is 2. The smallest absolute Gasteiger partial charge is 0.211 e. The Morgan fingerprint density at radius 2 is 2.08 bits per heavy atom. The monoisotopic (exact) mass is 350 g/mol. The zero-order valence-corrected chi connectivity index (χ0v) is 15.0. The number of sulfonamides is 1. The molecule has 1 fully saturated rings. The minimum atomic E-state index is -3.19. The van der Waals surface area contributed by atoms with Gasteiger partial charge in [-0.15, -0.1) is 0 Å². The maximum absolute atomic E-state index is 11.9. The van der Waals surface area contributed by atoms with Gasteiger partial charge >= 0.3 is 0 Å². The van der Waals surface area contributed by atoms with E-state index in [1.165, 1.54) is 23.8 Å². The molecular formula is C17H26N4O2S. The van der Waals surface area contributed by atoms with E-state index < -0.39 is 10.0 Å². The second-order valence-electron chi connectivity index (χ2n) is 6.71. The van der Waals surface area contributed by atoms with Gasteiger partial charge < -0.3 is 11.1 Å². The Kier molecular flexibility index (Phi) is 5.10. The molecule has 0 radical (unpaired) electrons. The van der Waals surface area contributed by atoms with Gasteiger partial charge in [0.2, 0.25) is 10.0 Å². The van der Waals surface area contributed by atoms with Crippen molar-refractivity contribution in [1.29, 1.82) is 0 Å². The SMILES string of the molecule is CS(=O)(=O)N1CCCCC1CN=C(N)Nc1ccc2c(c1)CCC2. The van der Waals surface area contributed by atoms with Crippen LogP contribution in [0.4, 0.5) is 5.69 Å². The lowest BCUT2D eigenvalue weighted by atomic mass is 10.1. The lowest BCUT2D eigenvalue weighted by Crippen LogP contribution is -2.45. The summed E-state index contributed by atoms with van der Waals surface area (Å²) in [5.41, 5.74) is 9.74. The molecule has 0 bridgehead atoms. The first-order chi connectivity index (χ1) is 11.4. The van der Waals surface area contributed by atoms with Crippen LogP contribution in [0.3, 0.4) is 0 Å². The molecule has 132 valence electrons. The number of nitrogens with one attached hydrogen (secondary N) is 1. The molecule has 0 amide bonds. The van der Waals surface area contributed by atoms with E-state index in [9.17, 15) is 8.42 Å². The molecule has 7 heteroatoms. The number of nitrogens with two attached hydrogens (primary N) is 1. The number of hydrogen-bond acceptors (Lipinski definition) is 3. The van der Waals surface area contributed by atoms with E-state index in [1.54, 1.807) is 4.31 Å². The Morgan fingerprint density at radius 3 is 2.88 bits per heavy atom. The highest BCUT2D eigenvalue weighted by molar-refractivity contribution is 7.88. The van der Waals surface area contributed by atoms with Gasteiger partial charge in [-0.2, -0.15) is 4.31 Å². The molecule has 3 rings (SSSR count). The number of nitrogens with zero attached hydrogens (tertiary/aromatic N) is 2. The van der Waals surface area contributed by atoms with Gasteiger partial charge in [0.05, 0.1) is 12.8 Å². The third kappa shape index (κ3) is 4.08. The third-order valence-electron chi connectivity index (χ3n) is 4.84. The van der Waals surface area contributed by atoms with Crippen LogP contribution in [0, 0.1) is 0 Å². The van der Waals surface area contributed by atoms with Crippen LogP contribution in [0.2, 0.25) is 0 Å². The summed E-state index contributed by atoms with van der Waals surface area (Å²) in [5, 5.41) is 3.12. The number of anilines is 1. The fraction of sp³-hybridized carbons (Fsp3) is 0.588. The first kappa shape index (κ1) is 17.2. The third-order valence-corrected chi connectivity index (χ3v) is 6.18. The standard InChI is InChI=1S/C17H26N4O2S/c1-24(22,23)21-10-3-2-7-16(21)12-19-17(18)20-15-9-8-13-5-4-6-14(13)11-15/h8-9,11,16H,2-7,10,12H2,1H3,(H3,18,19,20). The Bertz CT molecular complexity index is 730. The van der Waals surface area contributed by atoms with Crippen LogP contribution in [0.25, 0.3) is 0 Å². The maximum atomic E-state index is 11.9. The van der Waals surface area contributed by atoms with Gasteiger partial charge in [-0.3, -0.25) is 4.99 Å². The molecular weight excluding hydrogens is 324 g/mol. The summed E-state index contributed by atoms with van der Waals surface area (Å²) in [5.74, 6) is 0.340. The molecule has 24 heavy (non-hydrogen) atoms. The van der Waals surface area contributed by atoms with Crippen LogP contribution >= 0.6 is 0 Å². The van der Waals surface area contributed by atoms with Crippen molar-refractivity contribution >= 4 is 21.7 Å². The molecule has 1 aliphatic heterocycles. The summed E-state index contributed by atoms with van der Waals surface area (Å²) >= 11 is 0. The number of benzene rings is 1. The molecule has 2 aliphatic rings. The Hall–Kier alpha value is -1.60. The molecule has 1 saturated heterocycles. The molecule has 6 nitrogen and oxygen atoms in total. The highest BCUT2D eigenvalue weighted by atomic mass is 32.2. The van der Waals surface area contributed by atoms with E-state index in [0.29, 0.717) is 19.0 Å². The summed E-state index contributed by atoms with van der Waals surface area (Å²) in [4.78, 5) is 4.38. The highest BCUT2D eigenvalue weighted by Gasteiger charge is 2.29. The lowest BCUT2D eigenvalue weighted by Gasteiger charge is -2.32. The van der Waals surface area contributed by atoms with Crippen molar-refractivity contribution in [2.24, 2.45) is 10.7 Å². The minimum Gasteiger partial charge on any atom is -0.370 e. The summed E-state index contributed by atoms with van der Waals surface area (Å²) in [6, 6.07) is 6.21. The van der Waals surface area contributed by atoms with Gasteiger partial charge in [0.1, 0.15) is 0 Å². The van der Waals surface area contributed by atoms with Crippen LogP contribution in [-0.4, -0.2) is 44.1 Å². The minimum absolute atomic E-state index is 0.0888. The number of aliphatic imine (C=N–C) groups is 1. The van der Waals surface area contributed by atoms with Crippen LogP contribution in [0.5, 0.6) is 0 Å². The number of piperidine rings is 1. The average molecular weight is 350 g/mol. The molecule has 1 aliphatic carbocycles. The van der Waals surface area contributed by atoms with Crippen molar-refractivity contribution in [3.05, 3.63) is 29.3 Å². The van der Waals surface area contributed by atoms with Crippen LogP contribution in [0.1, 0.15) is 36.8 Å². The fourth-order valence-electron chi connectivity index (χ4n) is 3.63. The van der Waals surface area contributed by atoms with Gasteiger partial charge in [-0.05, 0) is 55.4 Å². The molecule has 0 aromatic heterocycles. The van der Waals surface area contributed by atoms with Crippen molar-refractivity contribution < 1.29 is 8.42 Å². The molecule has 3 N–H and O–H groups in total. The van der Waals surface area contributed by atoms with Crippen molar-refractivity contribution in [2.45, 2.75) is 44.6 Å². The summed E-state index contributed by atoms with van der Waals surface area (Å²) in [6.07, 6.45) is 7.53. The second-order valence-corrected chi connectivity index (χ2v) is 8.65. The highest BCUT2D eigenvalue weighted by Crippen LogP contribution is 2.25. The zero-order chi connectivity index (χ0) is 17.2.